The quantitative estimate of drug-likeness (QED) is 0.754. The van der Waals surface area contributed by atoms with Crippen molar-refractivity contribution in [3.05, 3.63) is 59.3 Å². The van der Waals surface area contributed by atoms with Crippen LogP contribution in [0.15, 0.2) is 53.8 Å². The van der Waals surface area contributed by atoms with E-state index in [1.807, 2.05) is 27.7 Å². The fourth-order valence-electron chi connectivity index (χ4n) is 0.725. The summed E-state index contributed by atoms with van der Waals surface area (Å²) >= 11 is 0. The Bertz CT molecular complexity index is 396. The predicted molar refractivity (Wildman–Crippen MR) is 75.7 cm³/mol. The van der Waals surface area contributed by atoms with Gasteiger partial charge in [-0.3, -0.25) is 9.78 Å². The summed E-state index contributed by atoms with van der Waals surface area (Å²) in [6, 6.07) is 6.20. The maximum absolute atomic E-state index is 10.2. The number of nitrogens with zero attached hydrogens (tertiary/aromatic N) is 1. The van der Waals surface area contributed by atoms with Gasteiger partial charge in [-0.05, 0) is 12.1 Å². The maximum Gasteiger partial charge on any atom is 0.181 e. The first-order valence-electron chi connectivity index (χ1n) is 6.01. The van der Waals surface area contributed by atoms with E-state index in [1.165, 1.54) is 18.3 Å². The molecule has 18 heavy (non-hydrogen) atoms. The molecule has 0 saturated carbocycles. The van der Waals surface area contributed by atoms with Crippen molar-refractivity contribution in [1.82, 2.24) is 9.97 Å². The number of hydrogen-bond donors (Lipinski definition) is 2. The third-order valence-electron chi connectivity index (χ3n) is 1.33. The number of aromatic amines is 1. The van der Waals surface area contributed by atoms with Crippen LogP contribution in [0.3, 0.4) is 0 Å². The molecule has 0 spiro atoms. The van der Waals surface area contributed by atoms with Crippen LogP contribution in [-0.2, 0) is 0 Å². The fourth-order valence-corrected chi connectivity index (χ4v) is 0.725. The summed E-state index contributed by atoms with van der Waals surface area (Å²) in [6.45, 7) is 8.00. The van der Waals surface area contributed by atoms with E-state index in [-0.39, 0.29) is 11.2 Å². The van der Waals surface area contributed by atoms with Gasteiger partial charge in [0, 0.05) is 30.7 Å². The Labute approximate surface area is 108 Å². The lowest BCUT2D eigenvalue weighted by Crippen LogP contribution is -1.92. The van der Waals surface area contributed by atoms with Gasteiger partial charge in [-0.1, -0.05) is 27.7 Å². The molecule has 4 nitrogen and oxygen atoms in total. The highest BCUT2D eigenvalue weighted by Crippen LogP contribution is 1.99. The molecule has 0 aliphatic rings. The Kier molecular flexibility index (Phi) is 15.1. The van der Waals surface area contributed by atoms with Crippen molar-refractivity contribution in [3.8, 4) is 5.75 Å². The van der Waals surface area contributed by atoms with Gasteiger partial charge in [0.05, 0.1) is 6.20 Å². The summed E-state index contributed by atoms with van der Waals surface area (Å²) in [5.41, 5.74) is 0.0405. The topological polar surface area (TPSA) is 66.0 Å². The minimum Gasteiger partial charge on any atom is -0.506 e. The van der Waals surface area contributed by atoms with Gasteiger partial charge in [0.25, 0.3) is 0 Å². The summed E-state index contributed by atoms with van der Waals surface area (Å²) < 4.78 is 0. The van der Waals surface area contributed by atoms with Gasteiger partial charge in [0.15, 0.2) is 5.43 Å². The Hall–Kier alpha value is -2.10. The molecule has 0 radical (unpaired) electrons. The molecule has 2 aromatic heterocycles. The zero-order valence-corrected chi connectivity index (χ0v) is 11.4. The van der Waals surface area contributed by atoms with Crippen molar-refractivity contribution >= 4 is 0 Å². The molecule has 0 atom stereocenters. The lowest BCUT2D eigenvalue weighted by atomic mass is 10.5. The predicted octanol–water partition coefficient (Wildman–Crippen LogP) is 3.21. The summed E-state index contributed by atoms with van der Waals surface area (Å²) in [7, 11) is 0. The molecule has 4 heteroatoms. The van der Waals surface area contributed by atoms with Crippen LogP contribution in [0.1, 0.15) is 27.7 Å². The Morgan fingerprint density at radius 1 is 1.06 bits per heavy atom. The molecule has 100 valence electrons. The average Bonchev–Trinajstić information content (AvgIpc) is 2.46. The smallest absolute Gasteiger partial charge is 0.181 e. The molecule has 2 heterocycles. The minimum atomic E-state index is 0.0405. The van der Waals surface area contributed by atoms with Gasteiger partial charge >= 0.3 is 0 Å². The molecule has 0 bridgehead atoms. The van der Waals surface area contributed by atoms with Crippen LogP contribution < -0.4 is 5.43 Å². The van der Waals surface area contributed by atoms with E-state index < -0.39 is 0 Å². The van der Waals surface area contributed by atoms with Gasteiger partial charge in [0.2, 0.25) is 0 Å². The number of pyridine rings is 2. The van der Waals surface area contributed by atoms with Crippen molar-refractivity contribution in [2.75, 3.05) is 0 Å². The van der Waals surface area contributed by atoms with Crippen molar-refractivity contribution in [2.24, 2.45) is 0 Å². The third-order valence-corrected chi connectivity index (χ3v) is 1.33. The zero-order valence-electron chi connectivity index (χ0n) is 11.4. The molecule has 0 unspecified atom stereocenters. The van der Waals surface area contributed by atoms with E-state index in [0.717, 1.165) is 0 Å². The van der Waals surface area contributed by atoms with Crippen LogP contribution >= 0.6 is 0 Å². The lowest BCUT2D eigenvalue weighted by Gasteiger charge is -1.81. The van der Waals surface area contributed by atoms with Crippen LogP contribution in [0, 0.1) is 0 Å². The molecule has 2 rings (SSSR count). The average molecular weight is 250 g/mol. The second kappa shape index (κ2) is 14.9. The number of nitrogens with one attached hydrogen (secondary N) is 1. The number of hydrogen-bond acceptors (Lipinski definition) is 3. The Morgan fingerprint density at radius 2 is 1.61 bits per heavy atom. The first-order valence-corrected chi connectivity index (χ1v) is 6.01. The summed E-state index contributed by atoms with van der Waals surface area (Å²) in [5.74, 6) is 0.211. The molecule has 0 amide bonds. The van der Waals surface area contributed by atoms with Gasteiger partial charge in [-0.2, -0.15) is 0 Å². The molecular weight excluding hydrogens is 228 g/mol. The van der Waals surface area contributed by atoms with E-state index in [0.29, 0.717) is 0 Å². The number of aromatic nitrogens is 2. The van der Waals surface area contributed by atoms with Gasteiger partial charge in [-0.25, -0.2) is 0 Å². The standard InChI is InChI=1S/2C5H5NO.2C2H6/c7-5-1-3-6-4-2-5;7-5-2-1-3-6-4-5;2*1-2/h1-4H,(H,6,7);1-4,7H;2*1-2H3. The summed E-state index contributed by atoms with van der Waals surface area (Å²) in [4.78, 5) is 16.6. The maximum atomic E-state index is 10.2. The molecule has 0 fully saturated rings. The molecule has 0 aliphatic carbocycles. The minimum absolute atomic E-state index is 0.0405. The van der Waals surface area contributed by atoms with Crippen LogP contribution in [0.25, 0.3) is 0 Å². The van der Waals surface area contributed by atoms with Gasteiger partial charge in [-0.15, -0.1) is 0 Å². The second-order valence-corrected chi connectivity index (χ2v) is 2.45. The van der Waals surface area contributed by atoms with Crippen LogP contribution in [0.5, 0.6) is 5.75 Å². The molecular formula is C14H22N2O2. The fraction of sp³-hybridized carbons (Fsp3) is 0.286. The monoisotopic (exact) mass is 250 g/mol. The third kappa shape index (κ3) is 12.0. The van der Waals surface area contributed by atoms with E-state index in [2.05, 4.69) is 9.97 Å². The zero-order chi connectivity index (χ0) is 14.2. The van der Waals surface area contributed by atoms with Gasteiger partial charge in [0.1, 0.15) is 5.75 Å². The van der Waals surface area contributed by atoms with Crippen molar-refractivity contribution in [3.63, 3.8) is 0 Å². The SMILES string of the molecule is CC.CC.O=c1cc[nH]cc1.Oc1cccnc1. The van der Waals surface area contributed by atoms with Crippen molar-refractivity contribution < 1.29 is 5.11 Å². The summed E-state index contributed by atoms with van der Waals surface area (Å²) in [6.07, 6.45) is 6.20. The van der Waals surface area contributed by atoms with Crippen LogP contribution in [0.4, 0.5) is 0 Å². The molecule has 2 N–H and O–H groups in total. The first kappa shape index (κ1) is 18.3. The van der Waals surface area contributed by atoms with Crippen molar-refractivity contribution in [2.45, 2.75) is 27.7 Å². The first-order chi connectivity index (χ1) is 8.79. The number of aromatic hydroxyl groups is 1. The normalized spacial score (nSPS) is 7.33. The molecule has 2 aromatic rings. The second-order valence-electron chi connectivity index (χ2n) is 2.45. The lowest BCUT2D eigenvalue weighted by molar-refractivity contribution is 0.472. The van der Waals surface area contributed by atoms with E-state index in [1.54, 1.807) is 30.7 Å². The van der Waals surface area contributed by atoms with E-state index in [9.17, 15) is 4.79 Å². The Balaban J connectivity index is 0. The van der Waals surface area contributed by atoms with Gasteiger partial charge < -0.3 is 10.1 Å². The molecule has 0 saturated heterocycles. The van der Waals surface area contributed by atoms with E-state index >= 15 is 0 Å². The van der Waals surface area contributed by atoms with Crippen LogP contribution in [-0.4, -0.2) is 15.1 Å². The Morgan fingerprint density at radius 3 is 1.83 bits per heavy atom. The number of rotatable bonds is 0. The van der Waals surface area contributed by atoms with E-state index in [4.69, 9.17) is 5.11 Å². The highest BCUT2D eigenvalue weighted by Gasteiger charge is 1.76. The van der Waals surface area contributed by atoms with Crippen LogP contribution in [0.2, 0.25) is 0 Å². The molecule has 0 aliphatic heterocycles. The summed E-state index contributed by atoms with van der Waals surface area (Å²) in [5, 5.41) is 8.57. The highest BCUT2D eigenvalue weighted by atomic mass is 16.3. The largest absolute Gasteiger partial charge is 0.506 e. The highest BCUT2D eigenvalue weighted by molar-refractivity contribution is 5.12. The number of H-pyrrole nitrogens is 1. The van der Waals surface area contributed by atoms with Crippen molar-refractivity contribution in [1.29, 1.82) is 0 Å². The molecule has 0 aromatic carbocycles.